The summed E-state index contributed by atoms with van der Waals surface area (Å²) in [5.74, 6) is 0.661. The molecule has 0 spiro atoms. The third-order valence-corrected chi connectivity index (χ3v) is 4.11. The van der Waals surface area contributed by atoms with Gasteiger partial charge in [0.15, 0.2) is 0 Å². The molecule has 0 aliphatic rings. The number of benzene rings is 1. The van der Waals surface area contributed by atoms with E-state index in [0.717, 1.165) is 17.0 Å². The van der Waals surface area contributed by atoms with E-state index >= 15 is 0 Å². The zero-order valence-corrected chi connectivity index (χ0v) is 12.8. The molecule has 2 N–H and O–H groups in total. The maximum absolute atomic E-state index is 14.1. The summed E-state index contributed by atoms with van der Waals surface area (Å²) in [5, 5.41) is 0.635. The van der Waals surface area contributed by atoms with Gasteiger partial charge in [0, 0.05) is 11.4 Å². The molecule has 0 saturated carbocycles. The van der Waals surface area contributed by atoms with E-state index in [-0.39, 0.29) is 5.82 Å². The summed E-state index contributed by atoms with van der Waals surface area (Å²) < 4.78 is 19.3. The summed E-state index contributed by atoms with van der Waals surface area (Å²) in [7, 11) is 1.53. The number of aromatic nitrogens is 1. The van der Waals surface area contributed by atoms with Crippen molar-refractivity contribution in [1.29, 1.82) is 0 Å². The van der Waals surface area contributed by atoms with Gasteiger partial charge in [-0.2, -0.15) is 0 Å². The van der Waals surface area contributed by atoms with E-state index in [4.69, 9.17) is 10.5 Å². The van der Waals surface area contributed by atoms with Crippen LogP contribution in [0.1, 0.15) is 24.4 Å². The Kier molecular flexibility index (Phi) is 4.73. The van der Waals surface area contributed by atoms with Crippen molar-refractivity contribution in [3.63, 3.8) is 0 Å². The molecule has 3 nitrogen and oxygen atoms in total. The summed E-state index contributed by atoms with van der Waals surface area (Å²) in [5.41, 5.74) is 7.16. The van der Waals surface area contributed by atoms with Gasteiger partial charge >= 0.3 is 0 Å². The number of halogens is 1. The highest BCUT2D eigenvalue weighted by atomic mass is 32.1. The molecular weight excluding hydrogens is 275 g/mol. The van der Waals surface area contributed by atoms with Crippen molar-refractivity contribution in [2.75, 3.05) is 7.11 Å². The van der Waals surface area contributed by atoms with Crippen LogP contribution in [0.2, 0.25) is 0 Å². The van der Waals surface area contributed by atoms with Gasteiger partial charge in [-0.1, -0.05) is 19.9 Å². The Morgan fingerprint density at radius 2 is 2.15 bits per heavy atom. The van der Waals surface area contributed by atoms with Gasteiger partial charge in [-0.05, 0) is 24.5 Å². The van der Waals surface area contributed by atoms with Crippen molar-refractivity contribution < 1.29 is 9.13 Å². The van der Waals surface area contributed by atoms with Crippen LogP contribution < -0.4 is 10.5 Å². The van der Waals surface area contributed by atoms with Crippen molar-refractivity contribution in [3.8, 4) is 16.3 Å². The molecule has 5 heteroatoms. The number of thiazole rings is 1. The van der Waals surface area contributed by atoms with E-state index in [1.54, 1.807) is 12.1 Å². The first-order chi connectivity index (χ1) is 9.56. The minimum atomic E-state index is -0.322. The zero-order chi connectivity index (χ0) is 14.7. The monoisotopic (exact) mass is 294 g/mol. The first-order valence-electron chi connectivity index (χ1n) is 6.58. The topological polar surface area (TPSA) is 48.1 Å². The zero-order valence-electron chi connectivity index (χ0n) is 11.9. The number of ether oxygens (including phenoxy) is 1. The molecule has 1 aromatic carbocycles. The SMILES string of the molecule is COc1cccc(F)c1-c1nc(CC(C)C)c(CN)s1. The van der Waals surface area contributed by atoms with Crippen molar-refractivity contribution >= 4 is 11.3 Å². The molecule has 1 heterocycles. The van der Waals surface area contributed by atoms with E-state index < -0.39 is 0 Å². The average Bonchev–Trinajstić information content (AvgIpc) is 2.80. The smallest absolute Gasteiger partial charge is 0.137 e. The number of hydrogen-bond donors (Lipinski definition) is 1. The molecule has 0 aliphatic heterocycles. The first kappa shape index (κ1) is 14.9. The van der Waals surface area contributed by atoms with Gasteiger partial charge in [-0.15, -0.1) is 11.3 Å². The van der Waals surface area contributed by atoms with Crippen LogP contribution in [0.3, 0.4) is 0 Å². The van der Waals surface area contributed by atoms with Gasteiger partial charge in [0.05, 0.1) is 18.4 Å². The number of methoxy groups -OCH3 is 1. The standard InChI is InChI=1S/C15H19FN2OS/c1-9(2)7-11-13(8-17)20-15(18-11)14-10(16)5-4-6-12(14)19-3/h4-6,9H,7-8,17H2,1-3H3. The molecule has 0 aliphatic carbocycles. The predicted molar refractivity (Wildman–Crippen MR) is 80.5 cm³/mol. The molecule has 2 aromatic rings. The van der Waals surface area contributed by atoms with Gasteiger partial charge < -0.3 is 10.5 Å². The normalized spacial score (nSPS) is 11.1. The molecular formula is C15H19FN2OS. The molecule has 0 amide bonds. The highest BCUT2D eigenvalue weighted by molar-refractivity contribution is 7.15. The van der Waals surface area contributed by atoms with Crippen LogP contribution >= 0.6 is 11.3 Å². The van der Waals surface area contributed by atoms with Crippen LogP contribution in [-0.4, -0.2) is 12.1 Å². The second kappa shape index (κ2) is 6.33. The summed E-state index contributed by atoms with van der Waals surface area (Å²) in [6.45, 7) is 4.68. The minimum Gasteiger partial charge on any atom is -0.496 e. The molecule has 0 unspecified atom stereocenters. The van der Waals surface area contributed by atoms with Crippen LogP contribution in [0.25, 0.3) is 10.6 Å². The third kappa shape index (κ3) is 2.99. The fourth-order valence-corrected chi connectivity index (χ4v) is 3.10. The van der Waals surface area contributed by atoms with E-state index in [2.05, 4.69) is 18.8 Å². The number of nitrogens with two attached hydrogens (primary N) is 1. The predicted octanol–water partition coefficient (Wildman–Crippen LogP) is 3.62. The van der Waals surface area contributed by atoms with E-state index in [1.165, 1.54) is 24.5 Å². The molecule has 0 atom stereocenters. The van der Waals surface area contributed by atoms with Crippen LogP contribution in [0.5, 0.6) is 5.75 Å². The first-order valence-corrected chi connectivity index (χ1v) is 7.40. The second-order valence-corrected chi connectivity index (χ2v) is 6.09. The fraction of sp³-hybridized carbons (Fsp3) is 0.400. The molecule has 0 fully saturated rings. The lowest BCUT2D eigenvalue weighted by Gasteiger charge is -2.06. The molecule has 108 valence electrons. The molecule has 0 radical (unpaired) electrons. The van der Waals surface area contributed by atoms with Gasteiger partial charge in [-0.25, -0.2) is 9.37 Å². The average molecular weight is 294 g/mol. The summed E-state index contributed by atoms with van der Waals surface area (Å²) >= 11 is 1.44. The highest BCUT2D eigenvalue weighted by Gasteiger charge is 2.18. The van der Waals surface area contributed by atoms with Crippen LogP contribution in [0.15, 0.2) is 18.2 Å². The number of rotatable bonds is 5. The Balaban J connectivity index is 2.51. The van der Waals surface area contributed by atoms with Crippen molar-refractivity contribution in [3.05, 3.63) is 34.6 Å². The number of nitrogens with zero attached hydrogens (tertiary/aromatic N) is 1. The molecule has 1 aromatic heterocycles. The lowest BCUT2D eigenvalue weighted by molar-refractivity contribution is 0.413. The molecule has 0 bridgehead atoms. The quantitative estimate of drug-likeness (QED) is 0.916. The Hall–Kier alpha value is -1.46. The van der Waals surface area contributed by atoms with Crippen LogP contribution in [0.4, 0.5) is 4.39 Å². The maximum atomic E-state index is 14.1. The van der Waals surface area contributed by atoms with E-state index in [9.17, 15) is 4.39 Å². The van der Waals surface area contributed by atoms with Crippen molar-refractivity contribution in [2.24, 2.45) is 11.7 Å². The Morgan fingerprint density at radius 1 is 1.40 bits per heavy atom. The lowest BCUT2D eigenvalue weighted by atomic mass is 10.1. The van der Waals surface area contributed by atoms with Crippen molar-refractivity contribution in [2.45, 2.75) is 26.8 Å². The van der Waals surface area contributed by atoms with Gasteiger partial charge in [0.2, 0.25) is 0 Å². The van der Waals surface area contributed by atoms with Crippen LogP contribution in [-0.2, 0) is 13.0 Å². The van der Waals surface area contributed by atoms with Gasteiger partial charge in [0.25, 0.3) is 0 Å². The Labute approximate surface area is 122 Å². The van der Waals surface area contributed by atoms with Gasteiger partial charge in [-0.3, -0.25) is 0 Å². The molecule has 20 heavy (non-hydrogen) atoms. The molecule has 0 saturated heterocycles. The Bertz CT molecular complexity index is 596. The molecule has 2 rings (SSSR count). The third-order valence-electron chi connectivity index (χ3n) is 2.97. The summed E-state index contributed by atoms with van der Waals surface area (Å²) in [6, 6.07) is 4.79. The Morgan fingerprint density at radius 3 is 2.75 bits per heavy atom. The summed E-state index contributed by atoms with van der Waals surface area (Å²) in [4.78, 5) is 5.59. The largest absolute Gasteiger partial charge is 0.496 e. The summed E-state index contributed by atoms with van der Waals surface area (Å²) in [6.07, 6.45) is 0.847. The van der Waals surface area contributed by atoms with Crippen molar-refractivity contribution in [1.82, 2.24) is 4.98 Å². The van der Waals surface area contributed by atoms with E-state index in [0.29, 0.717) is 28.8 Å². The lowest BCUT2D eigenvalue weighted by Crippen LogP contribution is -2.02. The second-order valence-electron chi connectivity index (χ2n) is 5.01. The van der Waals surface area contributed by atoms with Gasteiger partial charge in [0.1, 0.15) is 16.6 Å². The minimum absolute atomic E-state index is 0.322. The van der Waals surface area contributed by atoms with E-state index in [1.807, 2.05) is 0 Å². The highest BCUT2D eigenvalue weighted by Crippen LogP contribution is 2.36. The number of hydrogen-bond acceptors (Lipinski definition) is 4. The maximum Gasteiger partial charge on any atom is 0.137 e. The van der Waals surface area contributed by atoms with Crippen LogP contribution in [0, 0.1) is 11.7 Å². The fourth-order valence-electron chi connectivity index (χ4n) is 2.08.